The van der Waals surface area contributed by atoms with Gasteiger partial charge in [0.1, 0.15) is 11.5 Å². The molecule has 314 valence electrons. The Morgan fingerprint density at radius 3 is 1.42 bits per heavy atom. The Balaban J connectivity index is 1.12. The van der Waals surface area contributed by atoms with Gasteiger partial charge in [-0.05, 0) is 118 Å². The van der Waals surface area contributed by atoms with E-state index < -0.39 is 10.8 Å². The topological polar surface area (TPSA) is 9.23 Å². The summed E-state index contributed by atoms with van der Waals surface area (Å²) in [5.74, 6) is 1.75. The minimum atomic E-state index is -0.613. The fourth-order valence-electron chi connectivity index (χ4n) is 11.7. The van der Waals surface area contributed by atoms with E-state index >= 15 is 0 Å². The predicted molar refractivity (Wildman–Crippen MR) is 269 cm³/mol. The van der Waals surface area contributed by atoms with Gasteiger partial charge in [-0.15, -0.1) is 0 Å². The van der Waals surface area contributed by atoms with Crippen molar-refractivity contribution in [2.24, 2.45) is 0 Å². The van der Waals surface area contributed by atoms with Crippen molar-refractivity contribution in [3.05, 3.63) is 262 Å². The first-order valence-electron chi connectivity index (χ1n) is 23.2. The lowest BCUT2D eigenvalue weighted by molar-refractivity contribution is 0.434. The van der Waals surface area contributed by atoms with E-state index in [9.17, 15) is 0 Å². The molecule has 0 amide bonds. The molecule has 0 N–H and O–H groups in total. The van der Waals surface area contributed by atoms with Gasteiger partial charge in [-0.3, -0.25) is 0 Å². The molecular weight excluding hydrogens is 785 g/mol. The largest absolute Gasteiger partial charge is 0.457 e. The van der Waals surface area contributed by atoms with E-state index in [2.05, 4.69) is 248 Å². The van der Waals surface area contributed by atoms with Crippen LogP contribution in [-0.2, 0) is 21.7 Å². The van der Waals surface area contributed by atoms with E-state index in [1.54, 1.807) is 0 Å². The Bertz CT molecular complexity index is 3250. The molecule has 0 aromatic heterocycles. The summed E-state index contributed by atoms with van der Waals surface area (Å²) in [6, 6.07) is 77.4. The average molecular weight is 837 g/mol. The quantitative estimate of drug-likeness (QED) is 0.172. The highest BCUT2D eigenvalue weighted by Crippen LogP contribution is 2.65. The third-order valence-corrected chi connectivity index (χ3v) is 14.8. The van der Waals surface area contributed by atoms with E-state index in [4.69, 9.17) is 4.74 Å². The summed E-state index contributed by atoms with van der Waals surface area (Å²) < 4.78 is 6.85. The van der Waals surface area contributed by atoms with Crippen LogP contribution in [0.3, 0.4) is 0 Å². The van der Waals surface area contributed by atoms with Crippen LogP contribution in [0.15, 0.2) is 206 Å². The molecule has 0 fully saturated rings. The van der Waals surface area contributed by atoms with Crippen molar-refractivity contribution in [1.29, 1.82) is 0 Å². The molecule has 0 saturated carbocycles. The highest BCUT2D eigenvalue weighted by molar-refractivity contribution is 6.02. The van der Waals surface area contributed by atoms with E-state index in [1.165, 1.54) is 83.5 Å². The molecule has 1 nitrogen and oxygen atoms in total. The van der Waals surface area contributed by atoms with Gasteiger partial charge in [0.25, 0.3) is 0 Å². The van der Waals surface area contributed by atoms with E-state index in [1.807, 2.05) is 0 Å². The number of para-hydroxylation sites is 1. The number of rotatable bonds is 4. The predicted octanol–water partition coefficient (Wildman–Crippen LogP) is 16.4. The number of benzene rings is 9. The zero-order valence-corrected chi connectivity index (χ0v) is 38.0. The van der Waals surface area contributed by atoms with Crippen molar-refractivity contribution in [3.63, 3.8) is 0 Å². The molecule has 65 heavy (non-hydrogen) atoms. The summed E-state index contributed by atoms with van der Waals surface area (Å²) >= 11 is 0. The molecule has 0 atom stereocenters. The van der Waals surface area contributed by atoms with Crippen LogP contribution in [0.2, 0.25) is 0 Å². The molecule has 0 saturated heterocycles. The minimum absolute atomic E-state index is 0.0100. The van der Waals surface area contributed by atoms with Crippen LogP contribution in [-0.4, -0.2) is 0 Å². The average Bonchev–Trinajstić information content (AvgIpc) is 3.80. The van der Waals surface area contributed by atoms with Gasteiger partial charge in [0.15, 0.2) is 0 Å². The fourth-order valence-corrected chi connectivity index (χ4v) is 11.7. The molecule has 0 radical (unpaired) electrons. The molecule has 1 heteroatoms. The zero-order valence-electron chi connectivity index (χ0n) is 38.0. The molecule has 1 spiro atoms. The van der Waals surface area contributed by atoms with Crippen LogP contribution in [0.1, 0.15) is 97.2 Å². The molecule has 0 unspecified atom stereocenters. The van der Waals surface area contributed by atoms with Crippen molar-refractivity contribution in [3.8, 4) is 56.0 Å². The maximum atomic E-state index is 6.85. The van der Waals surface area contributed by atoms with Crippen LogP contribution >= 0.6 is 0 Å². The first-order valence-corrected chi connectivity index (χ1v) is 23.2. The van der Waals surface area contributed by atoms with Gasteiger partial charge in [-0.1, -0.05) is 230 Å². The molecule has 1 heterocycles. The molecule has 0 bridgehead atoms. The third kappa shape index (κ3) is 5.58. The van der Waals surface area contributed by atoms with Crippen LogP contribution in [0.25, 0.3) is 44.5 Å². The highest BCUT2D eigenvalue weighted by Gasteiger charge is 2.53. The maximum Gasteiger partial charge on any atom is 0.132 e. The van der Waals surface area contributed by atoms with Crippen molar-refractivity contribution >= 4 is 0 Å². The van der Waals surface area contributed by atoms with Gasteiger partial charge in [-0.2, -0.15) is 0 Å². The van der Waals surface area contributed by atoms with Gasteiger partial charge in [0, 0.05) is 11.1 Å². The Hall–Kier alpha value is -7.22. The Kier molecular flexibility index (Phi) is 8.57. The summed E-state index contributed by atoms with van der Waals surface area (Å²) in [5.41, 5.74) is 21.8. The lowest BCUT2D eigenvalue weighted by atomic mass is 9.63. The number of ether oxygens (including phenoxy) is 1. The lowest BCUT2D eigenvalue weighted by Gasteiger charge is -2.41. The molecule has 2 aliphatic carbocycles. The van der Waals surface area contributed by atoms with Gasteiger partial charge >= 0.3 is 0 Å². The normalized spacial score (nSPS) is 14.7. The Morgan fingerprint density at radius 2 is 0.800 bits per heavy atom. The SMILES string of the molecule is CC(C)(C)c1ccc2c(c1)C1(c3cc(C(C)(C)C)ccc3-2)c2ccccc2-c2c(-c3ccccc3-c3ccc4c(c3)C(c3ccccc3)(c3ccccc3)c3ccccc3O4)cccc21. The van der Waals surface area contributed by atoms with Crippen molar-refractivity contribution in [2.45, 2.75) is 63.2 Å². The lowest BCUT2D eigenvalue weighted by Crippen LogP contribution is -2.34. The first kappa shape index (κ1) is 39.4. The first-order chi connectivity index (χ1) is 31.5. The molecule has 9 aromatic carbocycles. The summed E-state index contributed by atoms with van der Waals surface area (Å²) in [7, 11) is 0. The molecule has 1 aliphatic heterocycles. The summed E-state index contributed by atoms with van der Waals surface area (Å²) in [4.78, 5) is 0. The van der Waals surface area contributed by atoms with E-state index in [0.717, 1.165) is 28.2 Å². The Labute approximate surface area is 384 Å². The summed E-state index contributed by atoms with van der Waals surface area (Å²) in [6.07, 6.45) is 0. The fraction of sp³-hybridized carbons (Fsp3) is 0.156. The smallest absolute Gasteiger partial charge is 0.132 e. The van der Waals surface area contributed by atoms with Crippen LogP contribution < -0.4 is 4.74 Å². The molecule has 3 aliphatic rings. The summed E-state index contributed by atoms with van der Waals surface area (Å²) in [5, 5.41) is 0. The van der Waals surface area contributed by atoms with Crippen LogP contribution in [0, 0.1) is 0 Å². The maximum absolute atomic E-state index is 6.85. The van der Waals surface area contributed by atoms with Crippen molar-refractivity contribution < 1.29 is 4.74 Å². The third-order valence-electron chi connectivity index (χ3n) is 14.8. The van der Waals surface area contributed by atoms with E-state index in [0.29, 0.717) is 0 Å². The second-order valence-electron chi connectivity index (χ2n) is 20.4. The second kappa shape index (κ2) is 14.1. The van der Waals surface area contributed by atoms with Gasteiger partial charge in [0.2, 0.25) is 0 Å². The van der Waals surface area contributed by atoms with Crippen LogP contribution in [0.5, 0.6) is 11.5 Å². The highest BCUT2D eigenvalue weighted by atomic mass is 16.5. The minimum Gasteiger partial charge on any atom is -0.457 e. The standard InChI is InChI=1S/C64H52O/c1-61(2,3)44-33-35-48-49-36-34-45(62(4,5)6)40-56(49)64(55(48)39-44)52-28-16-15-26-51(52)60-50(27-19-30-54(60)64)47-25-14-13-24-46(47)41-32-37-59-57(38-41)63(42-20-9-7-10-21-42,43-22-11-8-12-23-43)53-29-17-18-31-58(53)65-59/h7-40H,1-6H3. The number of hydrogen-bond acceptors (Lipinski definition) is 1. The number of fused-ring (bicyclic) bond motifs is 12. The van der Waals surface area contributed by atoms with Gasteiger partial charge in [0.05, 0.1) is 10.8 Å². The summed E-state index contributed by atoms with van der Waals surface area (Å²) in [6.45, 7) is 14.0. The van der Waals surface area contributed by atoms with E-state index in [-0.39, 0.29) is 10.8 Å². The monoisotopic (exact) mass is 836 g/mol. The van der Waals surface area contributed by atoms with Crippen LogP contribution in [0.4, 0.5) is 0 Å². The Morgan fingerprint density at radius 1 is 0.308 bits per heavy atom. The van der Waals surface area contributed by atoms with Gasteiger partial charge in [-0.25, -0.2) is 0 Å². The number of hydrogen-bond donors (Lipinski definition) is 0. The molecule has 12 rings (SSSR count). The van der Waals surface area contributed by atoms with Gasteiger partial charge < -0.3 is 4.74 Å². The second-order valence-corrected chi connectivity index (χ2v) is 20.4. The molecular formula is C64H52O. The van der Waals surface area contributed by atoms with Crippen molar-refractivity contribution in [1.82, 2.24) is 0 Å². The zero-order chi connectivity index (χ0) is 44.3. The molecule has 9 aromatic rings. The van der Waals surface area contributed by atoms with Crippen molar-refractivity contribution in [2.75, 3.05) is 0 Å².